The zero-order valence-electron chi connectivity index (χ0n) is 16.4. The number of rotatable bonds is 5. The summed E-state index contributed by atoms with van der Waals surface area (Å²) in [5.74, 6) is 1.79. The van der Waals surface area contributed by atoms with E-state index in [2.05, 4.69) is 75.8 Å². The van der Waals surface area contributed by atoms with E-state index in [-0.39, 0.29) is 6.10 Å². The van der Waals surface area contributed by atoms with Gasteiger partial charge in [0.1, 0.15) is 5.82 Å². The molecular formula is C21H29N5O. The van der Waals surface area contributed by atoms with Gasteiger partial charge >= 0.3 is 0 Å². The molecule has 6 heteroatoms. The molecule has 2 N–H and O–H groups in total. The summed E-state index contributed by atoms with van der Waals surface area (Å²) in [6.07, 6.45) is 2.18. The summed E-state index contributed by atoms with van der Waals surface area (Å²) in [5, 5.41) is 6.69. The van der Waals surface area contributed by atoms with Crippen molar-refractivity contribution in [3.05, 3.63) is 59.3 Å². The van der Waals surface area contributed by atoms with Gasteiger partial charge in [0.15, 0.2) is 5.96 Å². The number of pyridine rings is 1. The van der Waals surface area contributed by atoms with E-state index in [1.165, 1.54) is 11.1 Å². The van der Waals surface area contributed by atoms with Crippen LogP contribution in [0.15, 0.2) is 47.6 Å². The predicted octanol–water partition coefficient (Wildman–Crippen LogP) is 2.48. The number of ether oxygens (including phenoxy) is 1. The minimum atomic E-state index is 0.254. The van der Waals surface area contributed by atoms with E-state index >= 15 is 0 Å². The molecule has 2 heterocycles. The molecular weight excluding hydrogens is 338 g/mol. The zero-order valence-corrected chi connectivity index (χ0v) is 16.4. The Bertz CT molecular complexity index is 759. The van der Waals surface area contributed by atoms with Gasteiger partial charge in [-0.2, -0.15) is 0 Å². The van der Waals surface area contributed by atoms with Crippen molar-refractivity contribution in [1.29, 1.82) is 0 Å². The molecule has 2 aromatic rings. The number of hydrogen-bond acceptors (Lipinski definition) is 4. The molecule has 0 amide bonds. The largest absolute Gasteiger partial charge is 0.375 e. The molecule has 1 aliphatic heterocycles. The summed E-state index contributed by atoms with van der Waals surface area (Å²) in [6, 6.07) is 12.7. The maximum Gasteiger partial charge on any atom is 0.191 e. The third-order valence-electron chi connectivity index (χ3n) is 4.60. The molecule has 1 aromatic carbocycles. The lowest BCUT2D eigenvalue weighted by Crippen LogP contribution is -2.41. The first-order valence-corrected chi connectivity index (χ1v) is 9.45. The van der Waals surface area contributed by atoms with Crippen molar-refractivity contribution in [1.82, 2.24) is 15.6 Å². The number of morpholine rings is 1. The Kier molecular flexibility index (Phi) is 6.65. The van der Waals surface area contributed by atoms with Gasteiger partial charge in [0.25, 0.3) is 0 Å². The molecule has 0 spiro atoms. The van der Waals surface area contributed by atoms with Crippen molar-refractivity contribution >= 4 is 11.8 Å². The number of hydrogen-bond donors (Lipinski definition) is 2. The normalized spacial score (nSPS) is 17.7. The van der Waals surface area contributed by atoms with Crippen LogP contribution < -0.4 is 15.5 Å². The summed E-state index contributed by atoms with van der Waals surface area (Å²) in [7, 11) is 1.78. The third-order valence-corrected chi connectivity index (χ3v) is 4.60. The first-order chi connectivity index (χ1) is 13.1. The highest BCUT2D eigenvalue weighted by molar-refractivity contribution is 5.79. The first kappa shape index (κ1) is 19.2. The smallest absolute Gasteiger partial charge is 0.191 e. The van der Waals surface area contributed by atoms with Gasteiger partial charge in [0, 0.05) is 39.4 Å². The van der Waals surface area contributed by atoms with Crippen LogP contribution in [0.5, 0.6) is 0 Å². The Morgan fingerprint density at radius 2 is 2.04 bits per heavy atom. The Morgan fingerprint density at radius 1 is 1.22 bits per heavy atom. The average Bonchev–Trinajstić information content (AvgIpc) is 2.69. The van der Waals surface area contributed by atoms with Crippen LogP contribution in [0.2, 0.25) is 0 Å². The number of aliphatic imine (C=N–C) groups is 1. The summed E-state index contributed by atoms with van der Waals surface area (Å²) in [5.41, 5.74) is 3.63. The van der Waals surface area contributed by atoms with E-state index in [9.17, 15) is 0 Å². The standard InChI is InChI=1S/C21H29N5O/c1-16-5-4-6-18(11-16)12-24-21(22-3)25-14-19-7-8-20(23-13-19)26-9-10-27-17(2)15-26/h4-8,11,13,17H,9-10,12,14-15H2,1-3H3,(H2,22,24,25). The minimum Gasteiger partial charge on any atom is -0.375 e. The van der Waals surface area contributed by atoms with Gasteiger partial charge in [-0.15, -0.1) is 0 Å². The topological polar surface area (TPSA) is 61.8 Å². The number of benzene rings is 1. The molecule has 144 valence electrons. The SMILES string of the molecule is CN=C(NCc1ccc(N2CCOC(C)C2)nc1)NCc1cccc(C)c1. The Morgan fingerprint density at radius 3 is 2.70 bits per heavy atom. The van der Waals surface area contributed by atoms with E-state index in [4.69, 9.17) is 4.74 Å². The fraction of sp³-hybridized carbons (Fsp3) is 0.429. The van der Waals surface area contributed by atoms with Crippen LogP contribution in [0.1, 0.15) is 23.6 Å². The molecule has 0 saturated carbocycles. The van der Waals surface area contributed by atoms with Gasteiger partial charge in [-0.25, -0.2) is 4.98 Å². The van der Waals surface area contributed by atoms with Crippen molar-refractivity contribution in [3.8, 4) is 0 Å². The fourth-order valence-electron chi connectivity index (χ4n) is 3.15. The molecule has 1 fully saturated rings. The van der Waals surface area contributed by atoms with Gasteiger partial charge in [-0.05, 0) is 31.0 Å². The lowest BCUT2D eigenvalue weighted by atomic mass is 10.1. The van der Waals surface area contributed by atoms with Crippen LogP contribution in [0.3, 0.4) is 0 Å². The molecule has 0 aliphatic carbocycles. The van der Waals surface area contributed by atoms with E-state index in [1.54, 1.807) is 7.05 Å². The maximum atomic E-state index is 5.59. The monoisotopic (exact) mass is 367 g/mol. The molecule has 1 aliphatic rings. The molecule has 27 heavy (non-hydrogen) atoms. The van der Waals surface area contributed by atoms with E-state index < -0.39 is 0 Å². The summed E-state index contributed by atoms with van der Waals surface area (Å²) >= 11 is 0. The molecule has 1 unspecified atom stereocenters. The van der Waals surface area contributed by atoms with Gasteiger partial charge in [-0.1, -0.05) is 35.9 Å². The number of aromatic nitrogens is 1. The number of nitrogens with one attached hydrogen (secondary N) is 2. The second-order valence-corrected chi connectivity index (χ2v) is 6.92. The summed E-state index contributed by atoms with van der Waals surface area (Å²) < 4.78 is 5.59. The van der Waals surface area contributed by atoms with Gasteiger partial charge in [-0.3, -0.25) is 4.99 Å². The van der Waals surface area contributed by atoms with Gasteiger partial charge < -0.3 is 20.3 Å². The second kappa shape index (κ2) is 9.37. The molecule has 1 aromatic heterocycles. The van der Waals surface area contributed by atoms with Crippen LogP contribution in [0.25, 0.3) is 0 Å². The lowest BCUT2D eigenvalue weighted by Gasteiger charge is -2.32. The second-order valence-electron chi connectivity index (χ2n) is 6.92. The van der Waals surface area contributed by atoms with Crippen molar-refractivity contribution in [2.24, 2.45) is 4.99 Å². The number of anilines is 1. The quantitative estimate of drug-likeness (QED) is 0.628. The molecule has 3 rings (SSSR count). The fourth-order valence-corrected chi connectivity index (χ4v) is 3.15. The van der Waals surface area contributed by atoms with Crippen molar-refractivity contribution in [2.75, 3.05) is 31.6 Å². The highest BCUT2D eigenvalue weighted by atomic mass is 16.5. The Hall–Kier alpha value is -2.60. The highest BCUT2D eigenvalue weighted by Crippen LogP contribution is 2.15. The Labute approximate surface area is 161 Å². The van der Waals surface area contributed by atoms with E-state index in [0.29, 0.717) is 6.54 Å². The van der Waals surface area contributed by atoms with Crippen molar-refractivity contribution in [3.63, 3.8) is 0 Å². The van der Waals surface area contributed by atoms with Gasteiger partial charge in [0.2, 0.25) is 0 Å². The molecule has 0 bridgehead atoms. The molecule has 1 saturated heterocycles. The Balaban J connectivity index is 1.49. The van der Waals surface area contributed by atoms with Crippen LogP contribution in [-0.4, -0.2) is 43.8 Å². The molecule has 0 radical (unpaired) electrons. The molecule has 6 nitrogen and oxygen atoms in total. The maximum absolute atomic E-state index is 5.59. The van der Waals surface area contributed by atoms with Crippen LogP contribution in [0.4, 0.5) is 5.82 Å². The average molecular weight is 367 g/mol. The highest BCUT2D eigenvalue weighted by Gasteiger charge is 2.17. The summed E-state index contributed by atoms with van der Waals surface area (Å²) in [6.45, 7) is 8.17. The zero-order chi connectivity index (χ0) is 19.1. The number of guanidine groups is 1. The van der Waals surface area contributed by atoms with Crippen LogP contribution in [-0.2, 0) is 17.8 Å². The van der Waals surface area contributed by atoms with Gasteiger partial charge in [0.05, 0.1) is 12.7 Å². The van der Waals surface area contributed by atoms with Crippen molar-refractivity contribution in [2.45, 2.75) is 33.0 Å². The summed E-state index contributed by atoms with van der Waals surface area (Å²) in [4.78, 5) is 11.2. The first-order valence-electron chi connectivity index (χ1n) is 9.45. The van der Waals surface area contributed by atoms with Crippen molar-refractivity contribution < 1.29 is 4.74 Å². The third kappa shape index (κ3) is 5.69. The van der Waals surface area contributed by atoms with E-state index in [0.717, 1.165) is 43.6 Å². The number of aryl methyl sites for hydroxylation is 1. The molecule has 1 atom stereocenters. The predicted molar refractivity (Wildman–Crippen MR) is 110 cm³/mol. The number of nitrogens with zero attached hydrogens (tertiary/aromatic N) is 3. The van der Waals surface area contributed by atoms with Crippen LogP contribution >= 0.6 is 0 Å². The lowest BCUT2D eigenvalue weighted by molar-refractivity contribution is 0.0529. The van der Waals surface area contributed by atoms with Crippen LogP contribution in [0, 0.1) is 6.92 Å². The van der Waals surface area contributed by atoms with E-state index in [1.807, 2.05) is 6.20 Å². The minimum absolute atomic E-state index is 0.254.